The van der Waals surface area contributed by atoms with E-state index in [1.165, 1.54) is 0 Å². The number of aliphatic imine (C=N–C) groups is 1. The molecular weight excluding hydrogens is 417 g/mol. The van der Waals surface area contributed by atoms with Gasteiger partial charge in [-0.25, -0.2) is 0 Å². The highest BCUT2D eigenvalue weighted by Crippen LogP contribution is 2.14. The molecule has 0 saturated carbocycles. The van der Waals surface area contributed by atoms with Gasteiger partial charge in [0, 0.05) is 27.2 Å². The Morgan fingerprint density at radius 3 is 2.54 bits per heavy atom. The van der Waals surface area contributed by atoms with Crippen molar-refractivity contribution in [3.63, 3.8) is 0 Å². The summed E-state index contributed by atoms with van der Waals surface area (Å²) in [6.07, 6.45) is 0. The molecule has 24 heavy (non-hydrogen) atoms. The molecule has 5 nitrogen and oxygen atoms in total. The zero-order valence-corrected chi connectivity index (χ0v) is 18.0. The molecule has 0 fully saturated rings. The molecule has 0 heterocycles. The summed E-state index contributed by atoms with van der Waals surface area (Å²) >= 11 is 0. The van der Waals surface area contributed by atoms with Crippen molar-refractivity contribution in [2.45, 2.75) is 39.8 Å². The Morgan fingerprint density at radius 1 is 1.25 bits per heavy atom. The minimum atomic E-state index is -0.234. The lowest BCUT2D eigenvalue weighted by Gasteiger charge is -2.24. The molecule has 0 aliphatic heterocycles. The van der Waals surface area contributed by atoms with Crippen LogP contribution in [-0.2, 0) is 11.3 Å². The fraction of sp³-hybridized carbons (Fsp3) is 0.611. The zero-order valence-electron chi connectivity index (χ0n) is 15.7. The number of halogens is 1. The van der Waals surface area contributed by atoms with E-state index in [0.717, 1.165) is 23.9 Å². The lowest BCUT2D eigenvalue weighted by atomic mass is 10.1. The van der Waals surface area contributed by atoms with Gasteiger partial charge in [-0.2, -0.15) is 0 Å². The number of ether oxygens (including phenoxy) is 2. The van der Waals surface area contributed by atoms with Crippen LogP contribution in [0.5, 0.6) is 5.75 Å². The van der Waals surface area contributed by atoms with Crippen molar-refractivity contribution in [3.05, 3.63) is 29.8 Å². The van der Waals surface area contributed by atoms with E-state index in [9.17, 15) is 0 Å². The minimum Gasteiger partial charge on any atom is -0.493 e. The van der Waals surface area contributed by atoms with Gasteiger partial charge in [0.15, 0.2) is 5.96 Å². The molecule has 138 valence electrons. The van der Waals surface area contributed by atoms with Crippen LogP contribution in [0.1, 0.15) is 33.3 Å². The fourth-order valence-electron chi connectivity index (χ4n) is 1.78. The Bertz CT molecular complexity index is 505. The van der Waals surface area contributed by atoms with Gasteiger partial charge in [0.25, 0.3) is 0 Å². The molecule has 0 radical (unpaired) electrons. The van der Waals surface area contributed by atoms with E-state index in [1.807, 2.05) is 26.0 Å². The molecule has 0 aliphatic rings. The predicted octanol–water partition coefficient (Wildman–Crippen LogP) is 3.43. The molecule has 1 rings (SSSR count). The maximum atomic E-state index is 5.76. The molecule has 0 unspecified atom stereocenters. The Kier molecular flexibility index (Phi) is 11.0. The van der Waals surface area contributed by atoms with Crippen molar-refractivity contribution in [3.8, 4) is 5.75 Å². The summed E-state index contributed by atoms with van der Waals surface area (Å²) in [5.74, 6) is 2.18. The van der Waals surface area contributed by atoms with Crippen LogP contribution in [0.2, 0.25) is 0 Å². The van der Waals surface area contributed by atoms with E-state index >= 15 is 0 Å². The van der Waals surface area contributed by atoms with Gasteiger partial charge >= 0.3 is 0 Å². The monoisotopic (exact) mass is 449 g/mol. The molecule has 0 aromatic heterocycles. The number of rotatable bonds is 8. The lowest BCUT2D eigenvalue weighted by molar-refractivity contribution is 0.0268. The van der Waals surface area contributed by atoms with Gasteiger partial charge in [-0.05, 0) is 37.5 Å². The van der Waals surface area contributed by atoms with Crippen LogP contribution in [-0.4, -0.2) is 38.9 Å². The minimum absolute atomic E-state index is 0. The molecule has 0 atom stereocenters. The second-order valence-electron chi connectivity index (χ2n) is 6.60. The summed E-state index contributed by atoms with van der Waals surface area (Å²) in [6.45, 7) is 10.4. The van der Waals surface area contributed by atoms with E-state index in [2.05, 4.69) is 41.6 Å². The Morgan fingerprint density at radius 2 is 1.96 bits per heavy atom. The Labute approximate surface area is 163 Å². The molecule has 1 aromatic rings. The van der Waals surface area contributed by atoms with Crippen LogP contribution in [0.3, 0.4) is 0 Å². The standard InChI is InChI=1S/C18H31N3O2.HI/c1-14(2)12-23-16-9-7-8-15(10-16)11-20-17(19-5)21-13-18(3,4)22-6;/h7-10,14H,11-13H2,1-6H3,(H2,19,20,21);1H. The first-order valence-corrected chi connectivity index (χ1v) is 8.07. The summed E-state index contributed by atoms with van der Waals surface area (Å²) < 4.78 is 11.2. The average Bonchev–Trinajstić information content (AvgIpc) is 2.53. The summed E-state index contributed by atoms with van der Waals surface area (Å²) in [6, 6.07) is 8.13. The number of methoxy groups -OCH3 is 1. The first-order chi connectivity index (χ1) is 10.9. The highest BCUT2D eigenvalue weighted by molar-refractivity contribution is 14.0. The maximum Gasteiger partial charge on any atom is 0.191 e. The fourth-order valence-corrected chi connectivity index (χ4v) is 1.78. The number of guanidine groups is 1. The molecule has 6 heteroatoms. The molecular formula is C18H32IN3O2. The van der Waals surface area contributed by atoms with Crippen LogP contribution < -0.4 is 15.4 Å². The molecule has 0 amide bonds. The molecule has 1 aromatic carbocycles. The highest BCUT2D eigenvalue weighted by atomic mass is 127. The quantitative estimate of drug-likeness (QED) is 0.363. The molecule has 2 N–H and O–H groups in total. The van der Waals surface area contributed by atoms with Crippen molar-refractivity contribution in [1.82, 2.24) is 10.6 Å². The third-order valence-electron chi connectivity index (χ3n) is 3.40. The van der Waals surface area contributed by atoms with Crippen LogP contribution in [0.15, 0.2) is 29.3 Å². The Hall–Kier alpha value is -1.02. The van der Waals surface area contributed by atoms with Gasteiger partial charge in [0.2, 0.25) is 0 Å². The summed E-state index contributed by atoms with van der Waals surface area (Å²) in [4.78, 5) is 4.23. The number of nitrogens with one attached hydrogen (secondary N) is 2. The van der Waals surface area contributed by atoms with E-state index < -0.39 is 0 Å². The summed E-state index contributed by atoms with van der Waals surface area (Å²) in [7, 11) is 3.47. The van der Waals surface area contributed by atoms with Crippen molar-refractivity contribution < 1.29 is 9.47 Å². The van der Waals surface area contributed by atoms with E-state index in [4.69, 9.17) is 9.47 Å². The number of hydrogen-bond acceptors (Lipinski definition) is 3. The highest BCUT2D eigenvalue weighted by Gasteiger charge is 2.16. The van der Waals surface area contributed by atoms with Crippen molar-refractivity contribution >= 4 is 29.9 Å². The largest absolute Gasteiger partial charge is 0.493 e. The van der Waals surface area contributed by atoms with Gasteiger partial charge in [0.05, 0.1) is 12.2 Å². The molecule has 0 aliphatic carbocycles. The first kappa shape index (κ1) is 23.0. The lowest BCUT2D eigenvalue weighted by Crippen LogP contribution is -2.45. The summed E-state index contributed by atoms with van der Waals surface area (Å²) in [5, 5.41) is 6.57. The molecule has 0 bridgehead atoms. The molecule has 0 spiro atoms. The second kappa shape index (κ2) is 11.5. The number of hydrogen-bond donors (Lipinski definition) is 2. The van der Waals surface area contributed by atoms with Crippen LogP contribution in [0.4, 0.5) is 0 Å². The van der Waals surface area contributed by atoms with Crippen molar-refractivity contribution in [2.24, 2.45) is 10.9 Å². The van der Waals surface area contributed by atoms with E-state index in [1.54, 1.807) is 14.2 Å². The second-order valence-corrected chi connectivity index (χ2v) is 6.60. The number of benzene rings is 1. The number of nitrogens with zero attached hydrogens (tertiary/aromatic N) is 1. The predicted molar refractivity (Wildman–Crippen MR) is 111 cm³/mol. The third kappa shape index (κ3) is 9.32. The smallest absolute Gasteiger partial charge is 0.191 e. The Balaban J connectivity index is 0.00000529. The normalized spacial score (nSPS) is 11.9. The first-order valence-electron chi connectivity index (χ1n) is 8.07. The SMILES string of the molecule is CN=C(NCc1cccc(OCC(C)C)c1)NCC(C)(C)OC.I. The van der Waals surface area contributed by atoms with E-state index in [-0.39, 0.29) is 29.6 Å². The van der Waals surface area contributed by atoms with Crippen molar-refractivity contribution in [2.75, 3.05) is 27.3 Å². The van der Waals surface area contributed by atoms with Crippen LogP contribution in [0, 0.1) is 5.92 Å². The van der Waals surface area contributed by atoms with Gasteiger partial charge in [-0.1, -0.05) is 26.0 Å². The van der Waals surface area contributed by atoms with Crippen molar-refractivity contribution in [1.29, 1.82) is 0 Å². The van der Waals surface area contributed by atoms with Gasteiger partial charge in [-0.15, -0.1) is 24.0 Å². The molecule has 0 saturated heterocycles. The topological polar surface area (TPSA) is 54.9 Å². The average molecular weight is 449 g/mol. The van der Waals surface area contributed by atoms with Gasteiger partial charge in [-0.3, -0.25) is 4.99 Å². The maximum absolute atomic E-state index is 5.76. The third-order valence-corrected chi connectivity index (χ3v) is 3.40. The van der Waals surface area contributed by atoms with Crippen LogP contribution >= 0.6 is 24.0 Å². The van der Waals surface area contributed by atoms with Crippen LogP contribution in [0.25, 0.3) is 0 Å². The van der Waals surface area contributed by atoms with E-state index in [0.29, 0.717) is 19.0 Å². The summed E-state index contributed by atoms with van der Waals surface area (Å²) in [5.41, 5.74) is 0.919. The zero-order chi connectivity index (χ0) is 17.3. The van der Waals surface area contributed by atoms with Gasteiger partial charge in [0.1, 0.15) is 5.75 Å². The van der Waals surface area contributed by atoms with Gasteiger partial charge < -0.3 is 20.1 Å².